The highest BCUT2D eigenvalue weighted by atomic mass is 79.9. The van der Waals surface area contributed by atoms with Gasteiger partial charge >= 0.3 is 6.09 Å². The number of carbonyl (C=O) groups is 1. The molecule has 2 atom stereocenters. The topological polar surface area (TPSA) is 110 Å². The standard InChI is InChI=1S/C26H26BrN3O6S/c27-16-24-18-29(37(34,35)25-13-11-22(12-14-25)30(32)33)23(15-20-7-3-1-4-8-20)17-28(24)26(31)36-19-21-9-5-2-6-10-21/h1-14,23-24H,15-19H2/t23-,24-/m0/s1. The second kappa shape index (κ2) is 11.8. The summed E-state index contributed by atoms with van der Waals surface area (Å²) < 4.78 is 34.4. The van der Waals surface area contributed by atoms with Crippen molar-refractivity contribution in [1.29, 1.82) is 0 Å². The first kappa shape index (κ1) is 26.8. The zero-order valence-corrected chi connectivity index (χ0v) is 22.3. The van der Waals surface area contributed by atoms with Crippen LogP contribution in [-0.2, 0) is 27.8 Å². The van der Waals surface area contributed by atoms with Gasteiger partial charge in [-0.25, -0.2) is 13.2 Å². The van der Waals surface area contributed by atoms with Crippen molar-refractivity contribution >= 4 is 37.7 Å². The molecule has 3 aromatic carbocycles. The zero-order valence-electron chi connectivity index (χ0n) is 19.9. The van der Waals surface area contributed by atoms with Gasteiger partial charge in [0.1, 0.15) is 6.61 Å². The molecule has 0 unspecified atom stereocenters. The molecule has 4 rings (SSSR count). The molecule has 9 nitrogen and oxygen atoms in total. The Balaban J connectivity index is 1.61. The molecule has 3 aromatic rings. The first-order valence-corrected chi connectivity index (χ1v) is 14.2. The summed E-state index contributed by atoms with van der Waals surface area (Å²) in [6.45, 7) is 0.285. The van der Waals surface area contributed by atoms with E-state index >= 15 is 0 Å². The molecule has 0 N–H and O–H groups in total. The summed E-state index contributed by atoms with van der Waals surface area (Å²) in [5, 5.41) is 11.4. The van der Waals surface area contributed by atoms with E-state index in [4.69, 9.17) is 4.74 Å². The van der Waals surface area contributed by atoms with Gasteiger partial charge in [-0.2, -0.15) is 4.31 Å². The SMILES string of the molecule is O=C(OCc1ccccc1)N1C[C@H](Cc2ccccc2)N(S(=O)(=O)c2ccc([N+](=O)[O-])cc2)C[C@@H]1CBr. The normalized spacial score (nSPS) is 18.4. The van der Waals surface area contributed by atoms with Crippen molar-refractivity contribution in [1.82, 2.24) is 9.21 Å². The van der Waals surface area contributed by atoms with Gasteiger partial charge in [-0.05, 0) is 29.7 Å². The number of nitrogens with zero attached hydrogens (tertiary/aromatic N) is 3. The Morgan fingerprint density at radius 2 is 1.51 bits per heavy atom. The highest BCUT2D eigenvalue weighted by Crippen LogP contribution is 2.28. The van der Waals surface area contributed by atoms with Crippen LogP contribution in [0, 0.1) is 10.1 Å². The van der Waals surface area contributed by atoms with Crippen LogP contribution in [0.4, 0.5) is 10.5 Å². The van der Waals surface area contributed by atoms with E-state index in [0.717, 1.165) is 11.1 Å². The molecule has 0 aliphatic carbocycles. The van der Waals surface area contributed by atoms with Crippen molar-refractivity contribution in [3.63, 3.8) is 0 Å². The van der Waals surface area contributed by atoms with E-state index in [1.165, 1.54) is 28.6 Å². The van der Waals surface area contributed by atoms with Crippen LogP contribution in [0.2, 0.25) is 0 Å². The van der Waals surface area contributed by atoms with Gasteiger partial charge in [0.05, 0.1) is 15.9 Å². The lowest BCUT2D eigenvalue weighted by Gasteiger charge is -2.44. The summed E-state index contributed by atoms with van der Waals surface area (Å²) in [4.78, 5) is 25.1. The first-order valence-electron chi connectivity index (χ1n) is 11.6. The van der Waals surface area contributed by atoms with Gasteiger partial charge in [0.15, 0.2) is 0 Å². The number of hydrogen-bond acceptors (Lipinski definition) is 6. The van der Waals surface area contributed by atoms with Crippen LogP contribution < -0.4 is 0 Å². The molecule has 0 saturated carbocycles. The highest BCUT2D eigenvalue weighted by Gasteiger charge is 2.42. The van der Waals surface area contributed by atoms with E-state index in [9.17, 15) is 23.3 Å². The van der Waals surface area contributed by atoms with Crippen LogP contribution in [0.25, 0.3) is 0 Å². The van der Waals surface area contributed by atoms with Crippen molar-refractivity contribution in [3.05, 3.63) is 106 Å². The number of nitro groups is 1. The molecule has 1 aliphatic heterocycles. The Kier molecular flexibility index (Phi) is 8.57. The molecule has 0 radical (unpaired) electrons. The summed E-state index contributed by atoms with van der Waals surface area (Å²) in [7, 11) is -4.01. The number of ether oxygens (including phenoxy) is 1. The Bertz CT molecular complexity index is 1320. The van der Waals surface area contributed by atoms with E-state index in [1.807, 2.05) is 60.7 Å². The van der Waals surface area contributed by atoms with Gasteiger partial charge in [0.25, 0.3) is 5.69 Å². The fraction of sp³-hybridized carbons (Fsp3) is 0.269. The molecular weight excluding hydrogens is 562 g/mol. The van der Waals surface area contributed by atoms with E-state index in [0.29, 0.717) is 11.8 Å². The Hall–Kier alpha value is -3.28. The molecule has 1 aliphatic rings. The fourth-order valence-corrected chi connectivity index (χ4v) is 6.51. The second-order valence-corrected chi connectivity index (χ2v) is 11.2. The number of carbonyl (C=O) groups excluding carboxylic acids is 1. The molecule has 0 bridgehead atoms. The molecule has 37 heavy (non-hydrogen) atoms. The maximum atomic E-state index is 13.7. The molecule has 0 aromatic heterocycles. The van der Waals surface area contributed by atoms with Crippen LogP contribution in [0.3, 0.4) is 0 Å². The number of amides is 1. The van der Waals surface area contributed by atoms with Gasteiger partial charge in [0, 0.05) is 36.6 Å². The number of piperazine rings is 1. The van der Waals surface area contributed by atoms with E-state index in [-0.39, 0.29) is 30.3 Å². The van der Waals surface area contributed by atoms with Crippen molar-refractivity contribution in [2.75, 3.05) is 18.4 Å². The fourth-order valence-electron chi connectivity index (χ4n) is 4.30. The number of hydrogen-bond donors (Lipinski definition) is 0. The van der Waals surface area contributed by atoms with Crippen molar-refractivity contribution in [2.24, 2.45) is 0 Å². The third kappa shape index (κ3) is 6.35. The summed E-state index contributed by atoms with van der Waals surface area (Å²) >= 11 is 3.43. The maximum Gasteiger partial charge on any atom is 0.410 e. The minimum Gasteiger partial charge on any atom is -0.445 e. The Morgan fingerprint density at radius 3 is 2.08 bits per heavy atom. The third-order valence-electron chi connectivity index (χ3n) is 6.23. The van der Waals surface area contributed by atoms with Gasteiger partial charge in [0.2, 0.25) is 10.0 Å². The van der Waals surface area contributed by atoms with E-state index < -0.39 is 33.1 Å². The quantitative estimate of drug-likeness (QED) is 0.216. The lowest BCUT2D eigenvalue weighted by Crippen LogP contribution is -2.62. The molecule has 1 heterocycles. The van der Waals surface area contributed by atoms with Crippen LogP contribution in [0.5, 0.6) is 0 Å². The van der Waals surface area contributed by atoms with E-state index in [2.05, 4.69) is 15.9 Å². The number of halogens is 1. The minimum absolute atomic E-state index is 0.0374. The average Bonchev–Trinajstić information content (AvgIpc) is 2.92. The molecule has 11 heteroatoms. The summed E-state index contributed by atoms with van der Waals surface area (Å²) in [6.07, 6.45) is -0.136. The maximum absolute atomic E-state index is 13.7. The van der Waals surface area contributed by atoms with Gasteiger partial charge in [-0.1, -0.05) is 76.6 Å². The predicted octanol–water partition coefficient (Wildman–Crippen LogP) is 4.61. The second-order valence-electron chi connectivity index (χ2n) is 8.67. The zero-order chi connectivity index (χ0) is 26.4. The van der Waals surface area contributed by atoms with Crippen molar-refractivity contribution < 1.29 is 22.9 Å². The first-order chi connectivity index (χ1) is 17.8. The van der Waals surface area contributed by atoms with Gasteiger partial charge in [-0.15, -0.1) is 0 Å². The largest absolute Gasteiger partial charge is 0.445 e. The summed E-state index contributed by atoms with van der Waals surface area (Å²) in [6, 6.07) is 22.6. The van der Waals surface area contributed by atoms with Gasteiger partial charge < -0.3 is 9.64 Å². The molecule has 194 valence electrons. The molecular formula is C26H26BrN3O6S. The molecule has 1 amide bonds. The summed E-state index contributed by atoms with van der Waals surface area (Å²) in [5.74, 6) is 0. The monoisotopic (exact) mass is 587 g/mol. The van der Waals surface area contributed by atoms with Crippen molar-refractivity contribution in [3.8, 4) is 0 Å². The van der Waals surface area contributed by atoms with Crippen LogP contribution in [0.1, 0.15) is 11.1 Å². The lowest BCUT2D eigenvalue weighted by molar-refractivity contribution is -0.384. The number of nitro benzene ring substituents is 1. The number of non-ortho nitro benzene ring substituents is 1. The van der Waals surface area contributed by atoms with Crippen LogP contribution in [0.15, 0.2) is 89.8 Å². The third-order valence-corrected chi connectivity index (χ3v) is 8.91. The smallest absolute Gasteiger partial charge is 0.410 e. The molecule has 1 saturated heterocycles. The highest BCUT2D eigenvalue weighted by molar-refractivity contribution is 9.09. The van der Waals surface area contributed by atoms with E-state index in [1.54, 1.807) is 4.90 Å². The van der Waals surface area contributed by atoms with Crippen LogP contribution >= 0.6 is 15.9 Å². The Labute approximate surface area is 224 Å². The van der Waals surface area contributed by atoms with Crippen LogP contribution in [-0.4, -0.2) is 59.1 Å². The number of benzene rings is 3. The average molecular weight is 588 g/mol. The number of alkyl halides is 1. The number of rotatable bonds is 8. The number of sulfonamides is 1. The van der Waals surface area contributed by atoms with Crippen molar-refractivity contribution in [2.45, 2.75) is 30.0 Å². The molecule has 1 fully saturated rings. The Morgan fingerprint density at radius 1 is 0.919 bits per heavy atom. The molecule has 0 spiro atoms. The van der Waals surface area contributed by atoms with Gasteiger partial charge in [-0.3, -0.25) is 10.1 Å². The minimum atomic E-state index is -4.01. The summed E-state index contributed by atoms with van der Waals surface area (Å²) in [5.41, 5.74) is 1.59. The predicted molar refractivity (Wildman–Crippen MR) is 142 cm³/mol. The lowest BCUT2D eigenvalue weighted by atomic mass is 10.0.